The minimum atomic E-state index is -0.577. The molecule has 0 aliphatic rings. The van der Waals surface area contributed by atoms with Crippen LogP contribution < -0.4 is 5.73 Å². The molecule has 3 heteroatoms. The smallest absolute Gasteiger partial charge is 0.249 e. The Hall–Kier alpha value is -2.42. The van der Waals surface area contributed by atoms with Crippen LogP contribution in [0.4, 0.5) is 0 Å². The van der Waals surface area contributed by atoms with E-state index in [2.05, 4.69) is 0 Å². The number of primary amides is 1. The van der Waals surface area contributed by atoms with E-state index in [1.165, 1.54) is 0 Å². The van der Waals surface area contributed by atoms with Gasteiger partial charge in [-0.3, -0.25) is 9.59 Å². The molecule has 0 spiro atoms. The maximum Gasteiger partial charge on any atom is 0.249 e. The average Bonchev–Trinajstić information content (AvgIpc) is 2.39. The standard InChI is InChI=1S/C15H13NO2/c16-15(18)13-8-4-7-12(14(13)10-17)9-11-5-2-1-3-6-11/h1-8,10H,9H2,(H2,16,18). The third-order valence-corrected chi connectivity index (χ3v) is 2.82. The summed E-state index contributed by atoms with van der Waals surface area (Å²) in [4.78, 5) is 22.4. The minimum Gasteiger partial charge on any atom is -0.366 e. The summed E-state index contributed by atoms with van der Waals surface area (Å²) >= 11 is 0. The molecule has 0 aliphatic carbocycles. The molecule has 1 amide bonds. The zero-order chi connectivity index (χ0) is 13.0. The Labute approximate surface area is 105 Å². The van der Waals surface area contributed by atoms with Crippen molar-refractivity contribution in [3.05, 3.63) is 70.8 Å². The van der Waals surface area contributed by atoms with Gasteiger partial charge in [-0.15, -0.1) is 0 Å². The first-order chi connectivity index (χ1) is 8.72. The molecule has 90 valence electrons. The van der Waals surface area contributed by atoms with E-state index in [1.807, 2.05) is 36.4 Å². The van der Waals surface area contributed by atoms with E-state index in [1.54, 1.807) is 12.1 Å². The molecular formula is C15H13NO2. The number of benzene rings is 2. The first kappa shape index (κ1) is 12.0. The fourth-order valence-corrected chi connectivity index (χ4v) is 1.94. The van der Waals surface area contributed by atoms with E-state index in [9.17, 15) is 9.59 Å². The third-order valence-electron chi connectivity index (χ3n) is 2.82. The summed E-state index contributed by atoms with van der Waals surface area (Å²) in [7, 11) is 0. The van der Waals surface area contributed by atoms with Crippen LogP contribution in [-0.2, 0) is 6.42 Å². The zero-order valence-electron chi connectivity index (χ0n) is 9.80. The van der Waals surface area contributed by atoms with Crippen molar-refractivity contribution in [2.75, 3.05) is 0 Å². The van der Waals surface area contributed by atoms with E-state index < -0.39 is 5.91 Å². The fourth-order valence-electron chi connectivity index (χ4n) is 1.94. The second kappa shape index (κ2) is 5.27. The van der Waals surface area contributed by atoms with Crippen LogP contribution >= 0.6 is 0 Å². The summed E-state index contributed by atoms with van der Waals surface area (Å²) in [6.07, 6.45) is 1.30. The lowest BCUT2D eigenvalue weighted by Gasteiger charge is -2.08. The van der Waals surface area contributed by atoms with Gasteiger partial charge in [-0.05, 0) is 23.6 Å². The van der Waals surface area contributed by atoms with Gasteiger partial charge in [-0.1, -0.05) is 42.5 Å². The number of carbonyl (C=O) groups excluding carboxylic acids is 2. The van der Waals surface area contributed by atoms with Crippen molar-refractivity contribution in [2.24, 2.45) is 5.73 Å². The Bertz CT molecular complexity index is 576. The summed E-state index contributed by atoms with van der Waals surface area (Å²) < 4.78 is 0. The van der Waals surface area contributed by atoms with Gasteiger partial charge in [-0.25, -0.2) is 0 Å². The molecule has 0 atom stereocenters. The zero-order valence-corrected chi connectivity index (χ0v) is 9.80. The highest BCUT2D eigenvalue weighted by atomic mass is 16.1. The lowest BCUT2D eigenvalue weighted by atomic mass is 9.96. The number of hydrogen-bond donors (Lipinski definition) is 1. The Morgan fingerprint density at radius 2 is 1.78 bits per heavy atom. The molecule has 0 aromatic heterocycles. The normalized spacial score (nSPS) is 10.0. The van der Waals surface area contributed by atoms with Crippen molar-refractivity contribution in [3.8, 4) is 0 Å². The van der Waals surface area contributed by atoms with Gasteiger partial charge in [0.05, 0.1) is 0 Å². The molecule has 2 aromatic rings. The van der Waals surface area contributed by atoms with Gasteiger partial charge in [0.25, 0.3) is 0 Å². The molecule has 2 N–H and O–H groups in total. The predicted molar refractivity (Wildman–Crippen MR) is 69.6 cm³/mol. The van der Waals surface area contributed by atoms with Crippen LogP contribution in [0.5, 0.6) is 0 Å². The van der Waals surface area contributed by atoms with Gasteiger partial charge in [0.1, 0.15) is 0 Å². The fraction of sp³-hybridized carbons (Fsp3) is 0.0667. The highest BCUT2D eigenvalue weighted by molar-refractivity contribution is 6.01. The summed E-state index contributed by atoms with van der Waals surface area (Å²) in [5.41, 5.74) is 7.81. The average molecular weight is 239 g/mol. The van der Waals surface area contributed by atoms with Gasteiger partial charge < -0.3 is 5.73 Å². The molecule has 2 rings (SSSR count). The maximum absolute atomic E-state index is 11.2. The molecule has 0 saturated heterocycles. The summed E-state index contributed by atoms with van der Waals surface area (Å²) in [6.45, 7) is 0. The molecule has 3 nitrogen and oxygen atoms in total. The van der Waals surface area contributed by atoms with Crippen LogP contribution in [-0.4, -0.2) is 12.2 Å². The molecule has 0 unspecified atom stereocenters. The SMILES string of the molecule is NC(=O)c1cccc(Cc2ccccc2)c1C=O. The predicted octanol–water partition coefficient (Wildman–Crippen LogP) is 2.19. The Morgan fingerprint density at radius 1 is 1.06 bits per heavy atom. The molecule has 0 saturated carbocycles. The molecular weight excluding hydrogens is 226 g/mol. The van der Waals surface area contributed by atoms with Crippen LogP contribution in [0.25, 0.3) is 0 Å². The molecule has 0 heterocycles. The lowest BCUT2D eigenvalue weighted by Crippen LogP contribution is -2.15. The Kier molecular flexibility index (Phi) is 3.53. The van der Waals surface area contributed by atoms with Crippen LogP contribution in [0.3, 0.4) is 0 Å². The van der Waals surface area contributed by atoms with Crippen LogP contribution in [0.1, 0.15) is 31.8 Å². The Morgan fingerprint density at radius 3 is 2.39 bits per heavy atom. The van der Waals surface area contributed by atoms with Gasteiger partial charge in [-0.2, -0.15) is 0 Å². The van der Waals surface area contributed by atoms with Crippen LogP contribution in [0.15, 0.2) is 48.5 Å². The largest absolute Gasteiger partial charge is 0.366 e. The molecule has 0 fully saturated rings. The molecule has 0 bridgehead atoms. The summed E-state index contributed by atoms with van der Waals surface area (Å²) in [5.74, 6) is -0.577. The van der Waals surface area contributed by atoms with Crippen molar-refractivity contribution in [1.29, 1.82) is 0 Å². The highest BCUT2D eigenvalue weighted by Gasteiger charge is 2.11. The molecule has 2 aromatic carbocycles. The second-order valence-corrected chi connectivity index (χ2v) is 4.02. The Balaban J connectivity index is 2.42. The van der Waals surface area contributed by atoms with E-state index >= 15 is 0 Å². The number of nitrogens with two attached hydrogens (primary N) is 1. The van der Waals surface area contributed by atoms with Crippen molar-refractivity contribution in [3.63, 3.8) is 0 Å². The van der Waals surface area contributed by atoms with Crippen molar-refractivity contribution in [1.82, 2.24) is 0 Å². The molecule has 18 heavy (non-hydrogen) atoms. The maximum atomic E-state index is 11.2. The minimum absolute atomic E-state index is 0.276. The van der Waals surface area contributed by atoms with Crippen molar-refractivity contribution in [2.45, 2.75) is 6.42 Å². The second-order valence-electron chi connectivity index (χ2n) is 4.02. The van der Waals surface area contributed by atoms with E-state index in [-0.39, 0.29) is 5.56 Å². The van der Waals surface area contributed by atoms with Crippen LogP contribution in [0, 0.1) is 0 Å². The first-order valence-electron chi connectivity index (χ1n) is 5.63. The lowest BCUT2D eigenvalue weighted by molar-refractivity contribution is 0.0993. The molecule has 0 radical (unpaired) electrons. The number of amides is 1. The van der Waals surface area contributed by atoms with E-state index in [4.69, 9.17) is 5.73 Å². The number of carbonyl (C=O) groups is 2. The van der Waals surface area contributed by atoms with Gasteiger partial charge >= 0.3 is 0 Å². The van der Waals surface area contributed by atoms with Gasteiger partial charge in [0.2, 0.25) is 5.91 Å². The topological polar surface area (TPSA) is 60.2 Å². The monoisotopic (exact) mass is 239 g/mol. The molecule has 0 aliphatic heterocycles. The van der Waals surface area contributed by atoms with Gasteiger partial charge in [0, 0.05) is 11.1 Å². The van der Waals surface area contributed by atoms with E-state index in [0.29, 0.717) is 18.3 Å². The summed E-state index contributed by atoms with van der Waals surface area (Å²) in [5, 5.41) is 0. The third kappa shape index (κ3) is 2.46. The van der Waals surface area contributed by atoms with Gasteiger partial charge in [0.15, 0.2) is 6.29 Å². The highest BCUT2D eigenvalue weighted by Crippen LogP contribution is 2.16. The number of rotatable bonds is 4. The number of aldehydes is 1. The number of hydrogen-bond acceptors (Lipinski definition) is 2. The van der Waals surface area contributed by atoms with Crippen LogP contribution in [0.2, 0.25) is 0 Å². The summed E-state index contributed by atoms with van der Waals surface area (Å²) in [6, 6.07) is 14.9. The van der Waals surface area contributed by atoms with Crippen molar-refractivity contribution < 1.29 is 9.59 Å². The van der Waals surface area contributed by atoms with E-state index in [0.717, 1.165) is 11.1 Å². The first-order valence-corrected chi connectivity index (χ1v) is 5.63. The quantitative estimate of drug-likeness (QED) is 0.831. The van der Waals surface area contributed by atoms with Crippen molar-refractivity contribution >= 4 is 12.2 Å².